The van der Waals surface area contributed by atoms with E-state index in [1.807, 2.05) is 18.6 Å². The molecule has 3 heterocycles. The molecule has 0 amide bonds. The van der Waals surface area contributed by atoms with E-state index in [0.717, 1.165) is 43.1 Å². The van der Waals surface area contributed by atoms with Crippen LogP contribution in [0.15, 0.2) is 31.0 Å². The van der Waals surface area contributed by atoms with Crippen molar-refractivity contribution in [2.75, 3.05) is 18.9 Å². The number of aromatic nitrogens is 3. The molecule has 1 saturated heterocycles. The van der Waals surface area contributed by atoms with Crippen molar-refractivity contribution in [1.82, 2.24) is 14.5 Å². The Morgan fingerprint density at radius 2 is 2.32 bits per heavy atom. The van der Waals surface area contributed by atoms with Crippen LogP contribution in [-0.4, -0.2) is 27.7 Å². The van der Waals surface area contributed by atoms with Gasteiger partial charge >= 0.3 is 0 Å². The average molecular weight is 258 g/mol. The van der Waals surface area contributed by atoms with Crippen LogP contribution < -0.4 is 5.73 Å². The van der Waals surface area contributed by atoms with E-state index in [0.29, 0.717) is 5.92 Å². The number of ether oxygens (including phenoxy) is 1. The molecule has 0 aromatic carbocycles. The predicted octanol–water partition coefficient (Wildman–Crippen LogP) is 1.95. The zero-order chi connectivity index (χ0) is 13.1. The van der Waals surface area contributed by atoms with Crippen LogP contribution in [0.25, 0.3) is 11.3 Å². The topological polar surface area (TPSA) is 66.0 Å². The molecule has 19 heavy (non-hydrogen) atoms. The Hall–Kier alpha value is -1.88. The van der Waals surface area contributed by atoms with Gasteiger partial charge < -0.3 is 15.0 Å². The minimum atomic E-state index is 0.555. The highest BCUT2D eigenvalue weighted by Crippen LogP contribution is 2.26. The highest BCUT2D eigenvalue weighted by atomic mass is 16.5. The van der Waals surface area contributed by atoms with Crippen molar-refractivity contribution in [3.8, 4) is 11.3 Å². The average Bonchev–Trinajstić information content (AvgIpc) is 2.88. The van der Waals surface area contributed by atoms with Gasteiger partial charge in [0.1, 0.15) is 0 Å². The molecule has 0 saturated carbocycles. The standard InChI is InChI=1S/C14H18N4O/c15-13-3-4-16-6-12(13)14-7-17-10-18(14)8-11-2-1-5-19-9-11/h3-4,6-7,10-11H,1-2,5,8-9H2,(H2,15,16). The molecule has 5 nitrogen and oxygen atoms in total. The Labute approximate surface area is 112 Å². The summed E-state index contributed by atoms with van der Waals surface area (Å²) in [6, 6.07) is 1.82. The molecular formula is C14H18N4O. The number of nitrogen functional groups attached to an aromatic ring is 1. The highest BCUT2D eigenvalue weighted by molar-refractivity contribution is 5.72. The third-order valence-electron chi connectivity index (χ3n) is 3.55. The molecule has 0 aliphatic carbocycles. The maximum absolute atomic E-state index is 6.01. The maximum atomic E-state index is 6.01. The van der Waals surface area contributed by atoms with Gasteiger partial charge in [0.2, 0.25) is 0 Å². The number of hydrogen-bond donors (Lipinski definition) is 1. The van der Waals surface area contributed by atoms with Gasteiger partial charge in [-0.2, -0.15) is 0 Å². The molecule has 3 rings (SSSR count). The van der Waals surface area contributed by atoms with Crippen LogP contribution in [0.2, 0.25) is 0 Å². The van der Waals surface area contributed by atoms with E-state index in [4.69, 9.17) is 10.5 Å². The predicted molar refractivity (Wildman–Crippen MR) is 73.4 cm³/mol. The smallest absolute Gasteiger partial charge is 0.0951 e. The second-order valence-electron chi connectivity index (χ2n) is 4.98. The maximum Gasteiger partial charge on any atom is 0.0951 e. The van der Waals surface area contributed by atoms with Gasteiger partial charge in [-0.15, -0.1) is 0 Å². The van der Waals surface area contributed by atoms with Crippen LogP contribution >= 0.6 is 0 Å². The molecule has 2 aromatic rings. The van der Waals surface area contributed by atoms with Crippen LogP contribution in [0.1, 0.15) is 12.8 Å². The molecule has 2 aromatic heterocycles. The summed E-state index contributed by atoms with van der Waals surface area (Å²) in [7, 11) is 0. The number of rotatable bonds is 3. The van der Waals surface area contributed by atoms with Crippen molar-refractivity contribution in [2.24, 2.45) is 5.92 Å². The Morgan fingerprint density at radius 3 is 3.11 bits per heavy atom. The molecule has 1 aliphatic rings. The van der Waals surface area contributed by atoms with Crippen molar-refractivity contribution in [1.29, 1.82) is 0 Å². The lowest BCUT2D eigenvalue weighted by Gasteiger charge is -2.23. The van der Waals surface area contributed by atoms with Crippen LogP contribution in [-0.2, 0) is 11.3 Å². The molecule has 1 fully saturated rings. The SMILES string of the molecule is Nc1ccncc1-c1cncn1CC1CCCOC1. The minimum absolute atomic E-state index is 0.555. The number of nitrogens with zero attached hydrogens (tertiary/aromatic N) is 3. The lowest BCUT2D eigenvalue weighted by Crippen LogP contribution is -2.22. The fourth-order valence-electron chi connectivity index (χ4n) is 2.54. The normalized spacial score (nSPS) is 19.5. The molecule has 1 unspecified atom stereocenters. The second kappa shape index (κ2) is 5.40. The summed E-state index contributed by atoms with van der Waals surface area (Å²) >= 11 is 0. The Morgan fingerprint density at radius 1 is 1.37 bits per heavy atom. The van der Waals surface area contributed by atoms with Gasteiger partial charge in [-0.1, -0.05) is 0 Å². The molecule has 0 spiro atoms. The van der Waals surface area contributed by atoms with Gasteiger partial charge in [0.05, 0.1) is 24.8 Å². The Balaban J connectivity index is 1.84. The van der Waals surface area contributed by atoms with Gasteiger partial charge in [0, 0.05) is 42.7 Å². The monoisotopic (exact) mass is 258 g/mol. The summed E-state index contributed by atoms with van der Waals surface area (Å²) in [5.74, 6) is 0.555. The van der Waals surface area contributed by atoms with Crippen LogP contribution in [0, 0.1) is 5.92 Å². The molecule has 2 N–H and O–H groups in total. The molecular weight excluding hydrogens is 240 g/mol. The van der Waals surface area contributed by atoms with E-state index in [-0.39, 0.29) is 0 Å². The molecule has 5 heteroatoms. The third-order valence-corrected chi connectivity index (χ3v) is 3.55. The Bertz CT molecular complexity index is 546. The molecule has 0 bridgehead atoms. The van der Waals surface area contributed by atoms with Crippen molar-refractivity contribution in [2.45, 2.75) is 19.4 Å². The van der Waals surface area contributed by atoms with E-state index >= 15 is 0 Å². The fraction of sp³-hybridized carbons (Fsp3) is 0.429. The summed E-state index contributed by atoms with van der Waals surface area (Å²) in [4.78, 5) is 8.39. The van der Waals surface area contributed by atoms with Crippen LogP contribution in [0.5, 0.6) is 0 Å². The van der Waals surface area contributed by atoms with Crippen molar-refractivity contribution in [3.63, 3.8) is 0 Å². The van der Waals surface area contributed by atoms with Crippen LogP contribution in [0.4, 0.5) is 5.69 Å². The van der Waals surface area contributed by atoms with Gasteiger partial charge in [-0.05, 0) is 18.9 Å². The lowest BCUT2D eigenvalue weighted by molar-refractivity contribution is 0.0485. The Kier molecular flexibility index (Phi) is 3.46. The third kappa shape index (κ3) is 2.61. The quantitative estimate of drug-likeness (QED) is 0.913. The van der Waals surface area contributed by atoms with Crippen molar-refractivity contribution < 1.29 is 4.74 Å². The summed E-state index contributed by atoms with van der Waals surface area (Å²) in [6.45, 7) is 2.65. The molecule has 100 valence electrons. The first-order valence-electron chi connectivity index (χ1n) is 6.62. The fourth-order valence-corrected chi connectivity index (χ4v) is 2.54. The summed E-state index contributed by atoms with van der Waals surface area (Å²) in [5.41, 5.74) is 8.71. The van der Waals surface area contributed by atoms with Crippen LogP contribution in [0.3, 0.4) is 0 Å². The second-order valence-corrected chi connectivity index (χ2v) is 4.98. The number of imidazole rings is 1. The lowest BCUT2D eigenvalue weighted by atomic mass is 10.0. The molecule has 1 aliphatic heterocycles. The van der Waals surface area contributed by atoms with Crippen molar-refractivity contribution >= 4 is 5.69 Å². The number of nitrogens with two attached hydrogens (primary N) is 1. The number of anilines is 1. The first-order valence-corrected chi connectivity index (χ1v) is 6.62. The van der Waals surface area contributed by atoms with E-state index in [1.54, 1.807) is 12.4 Å². The molecule has 0 radical (unpaired) electrons. The largest absolute Gasteiger partial charge is 0.398 e. The van der Waals surface area contributed by atoms with Gasteiger partial charge in [0.25, 0.3) is 0 Å². The van der Waals surface area contributed by atoms with Crippen molar-refractivity contribution in [3.05, 3.63) is 31.0 Å². The van der Waals surface area contributed by atoms with Gasteiger partial charge in [-0.25, -0.2) is 4.98 Å². The van der Waals surface area contributed by atoms with E-state index in [9.17, 15) is 0 Å². The zero-order valence-corrected chi connectivity index (χ0v) is 10.8. The number of pyridine rings is 1. The zero-order valence-electron chi connectivity index (χ0n) is 10.8. The number of hydrogen-bond acceptors (Lipinski definition) is 4. The summed E-state index contributed by atoms with van der Waals surface area (Å²) < 4.78 is 7.67. The summed E-state index contributed by atoms with van der Waals surface area (Å²) in [5, 5.41) is 0. The molecule has 1 atom stereocenters. The first-order chi connectivity index (χ1) is 9.34. The van der Waals surface area contributed by atoms with E-state index < -0.39 is 0 Å². The van der Waals surface area contributed by atoms with E-state index in [2.05, 4.69) is 14.5 Å². The minimum Gasteiger partial charge on any atom is -0.398 e. The van der Waals surface area contributed by atoms with Gasteiger partial charge in [0.15, 0.2) is 0 Å². The highest BCUT2D eigenvalue weighted by Gasteiger charge is 2.17. The summed E-state index contributed by atoms with van der Waals surface area (Å²) in [6.07, 6.45) is 9.55. The first kappa shape index (κ1) is 12.2. The van der Waals surface area contributed by atoms with E-state index in [1.165, 1.54) is 6.42 Å². The van der Waals surface area contributed by atoms with Gasteiger partial charge in [-0.3, -0.25) is 4.98 Å².